The van der Waals surface area contributed by atoms with Crippen LogP contribution >= 0.6 is 15.9 Å². The molecule has 1 aromatic carbocycles. The maximum atomic E-state index is 3.56. The predicted octanol–water partition coefficient (Wildman–Crippen LogP) is 4.36. The summed E-state index contributed by atoms with van der Waals surface area (Å²) >= 11 is 3.49. The third kappa shape index (κ3) is 2.97. The van der Waals surface area contributed by atoms with Gasteiger partial charge >= 0.3 is 0 Å². The van der Waals surface area contributed by atoms with E-state index in [-0.39, 0.29) is 0 Å². The summed E-state index contributed by atoms with van der Waals surface area (Å²) < 4.78 is 1.16. The largest absolute Gasteiger partial charge is 0.385 e. The van der Waals surface area contributed by atoms with Crippen LogP contribution in [0.1, 0.15) is 31.2 Å². The van der Waals surface area contributed by atoms with Crippen LogP contribution < -0.4 is 5.32 Å². The zero-order valence-electron chi connectivity index (χ0n) is 9.22. The highest BCUT2D eigenvalue weighted by atomic mass is 79.9. The molecule has 0 heterocycles. The van der Waals surface area contributed by atoms with E-state index in [2.05, 4.69) is 46.4 Å². The van der Waals surface area contributed by atoms with Crippen LogP contribution in [0, 0.1) is 12.8 Å². The highest BCUT2D eigenvalue weighted by Crippen LogP contribution is 2.26. The Morgan fingerprint density at radius 3 is 2.73 bits per heavy atom. The number of hydrogen-bond donors (Lipinski definition) is 1. The number of aryl methyl sites for hydroxylation is 1. The van der Waals surface area contributed by atoms with Gasteiger partial charge in [0.25, 0.3) is 0 Å². The summed E-state index contributed by atoms with van der Waals surface area (Å²) in [6, 6.07) is 6.43. The Labute approximate surface area is 100 Å². The maximum Gasteiger partial charge on any atom is 0.0370 e. The van der Waals surface area contributed by atoms with E-state index in [9.17, 15) is 0 Å². The Bertz CT molecular complexity index is 329. The second-order valence-corrected chi connectivity index (χ2v) is 5.41. The molecule has 0 spiro atoms. The predicted molar refractivity (Wildman–Crippen MR) is 69.3 cm³/mol. The van der Waals surface area contributed by atoms with Gasteiger partial charge in [0, 0.05) is 16.7 Å². The quantitative estimate of drug-likeness (QED) is 0.858. The molecule has 0 aliphatic heterocycles. The first-order chi connectivity index (χ1) is 7.25. The van der Waals surface area contributed by atoms with Crippen molar-refractivity contribution in [3.8, 4) is 0 Å². The topological polar surface area (TPSA) is 12.0 Å². The van der Waals surface area contributed by atoms with E-state index in [0.29, 0.717) is 0 Å². The fourth-order valence-corrected chi connectivity index (χ4v) is 2.77. The molecule has 0 aromatic heterocycles. The first-order valence-corrected chi connectivity index (χ1v) is 6.55. The highest BCUT2D eigenvalue weighted by Gasteiger charge is 2.14. The van der Waals surface area contributed by atoms with Crippen LogP contribution in [0.15, 0.2) is 22.7 Å². The Morgan fingerprint density at radius 1 is 1.33 bits per heavy atom. The summed E-state index contributed by atoms with van der Waals surface area (Å²) in [5.74, 6) is 0.896. The van der Waals surface area contributed by atoms with Gasteiger partial charge in [-0.1, -0.05) is 28.8 Å². The van der Waals surface area contributed by atoms with Gasteiger partial charge < -0.3 is 5.32 Å². The third-order valence-corrected chi connectivity index (χ3v) is 3.74. The summed E-state index contributed by atoms with van der Waals surface area (Å²) in [4.78, 5) is 0. The van der Waals surface area contributed by atoms with Crippen molar-refractivity contribution in [3.05, 3.63) is 28.2 Å². The van der Waals surface area contributed by atoms with E-state index >= 15 is 0 Å². The minimum Gasteiger partial charge on any atom is -0.385 e. The van der Waals surface area contributed by atoms with E-state index in [4.69, 9.17) is 0 Å². The van der Waals surface area contributed by atoms with E-state index < -0.39 is 0 Å². The summed E-state index contributed by atoms with van der Waals surface area (Å²) in [5, 5.41) is 3.56. The summed E-state index contributed by atoms with van der Waals surface area (Å²) in [6.07, 6.45) is 5.66. The lowest BCUT2D eigenvalue weighted by Gasteiger charge is -2.13. The Morgan fingerprint density at radius 2 is 2.07 bits per heavy atom. The van der Waals surface area contributed by atoms with Gasteiger partial charge in [-0.25, -0.2) is 0 Å². The van der Waals surface area contributed by atoms with Crippen LogP contribution in [0.3, 0.4) is 0 Å². The molecule has 82 valence electrons. The second-order valence-electron chi connectivity index (χ2n) is 4.49. The molecule has 1 saturated carbocycles. The number of hydrogen-bond acceptors (Lipinski definition) is 1. The van der Waals surface area contributed by atoms with E-state index in [0.717, 1.165) is 16.9 Å². The Balaban J connectivity index is 1.92. The second kappa shape index (κ2) is 5.02. The molecule has 15 heavy (non-hydrogen) atoms. The van der Waals surface area contributed by atoms with Crippen LogP contribution in [-0.4, -0.2) is 6.54 Å². The van der Waals surface area contributed by atoms with E-state index in [1.165, 1.54) is 36.9 Å². The molecule has 0 atom stereocenters. The van der Waals surface area contributed by atoms with Crippen molar-refractivity contribution in [1.29, 1.82) is 0 Å². The first kappa shape index (κ1) is 11.0. The van der Waals surface area contributed by atoms with Crippen molar-refractivity contribution >= 4 is 21.6 Å². The molecule has 1 aromatic rings. The Hall–Kier alpha value is -0.500. The van der Waals surface area contributed by atoms with Crippen molar-refractivity contribution in [1.82, 2.24) is 0 Å². The van der Waals surface area contributed by atoms with Crippen molar-refractivity contribution in [2.24, 2.45) is 5.92 Å². The smallest absolute Gasteiger partial charge is 0.0370 e. The summed E-state index contributed by atoms with van der Waals surface area (Å²) in [7, 11) is 0. The Kier molecular flexibility index (Phi) is 3.68. The molecule has 1 nitrogen and oxygen atoms in total. The van der Waals surface area contributed by atoms with E-state index in [1.807, 2.05) is 0 Å². The zero-order chi connectivity index (χ0) is 10.7. The van der Waals surface area contributed by atoms with Crippen LogP contribution in [-0.2, 0) is 0 Å². The van der Waals surface area contributed by atoms with Crippen LogP contribution in [0.25, 0.3) is 0 Å². The van der Waals surface area contributed by atoms with Crippen LogP contribution in [0.4, 0.5) is 5.69 Å². The average Bonchev–Trinajstić information content (AvgIpc) is 2.69. The fourth-order valence-electron chi connectivity index (χ4n) is 2.29. The molecule has 1 aliphatic rings. The molecule has 1 fully saturated rings. The first-order valence-electron chi connectivity index (χ1n) is 5.76. The molecule has 1 aliphatic carbocycles. The maximum absolute atomic E-state index is 3.56. The van der Waals surface area contributed by atoms with Crippen LogP contribution in [0.5, 0.6) is 0 Å². The minimum absolute atomic E-state index is 0.896. The van der Waals surface area contributed by atoms with Crippen molar-refractivity contribution < 1.29 is 0 Å². The third-order valence-electron chi connectivity index (χ3n) is 3.24. The SMILES string of the molecule is Cc1cc(Br)ccc1NCC1CCCC1. The van der Waals surface area contributed by atoms with E-state index in [1.54, 1.807) is 0 Å². The van der Waals surface area contributed by atoms with Gasteiger partial charge in [-0.15, -0.1) is 0 Å². The van der Waals surface area contributed by atoms with Gasteiger partial charge in [0.1, 0.15) is 0 Å². The van der Waals surface area contributed by atoms with Crippen molar-refractivity contribution in [3.63, 3.8) is 0 Å². The van der Waals surface area contributed by atoms with Gasteiger partial charge in [-0.05, 0) is 49.4 Å². The fraction of sp³-hybridized carbons (Fsp3) is 0.538. The van der Waals surface area contributed by atoms with Gasteiger partial charge in [-0.3, -0.25) is 0 Å². The van der Waals surface area contributed by atoms with Gasteiger partial charge in [-0.2, -0.15) is 0 Å². The average molecular weight is 268 g/mol. The van der Waals surface area contributed by atoms with Crippen molar-refractivity contribution in [2.45, 2.75) is 32.6 Å². The number of halogens is 1. The van der Waals surface area contributed by atoms with Crippen molar-refractivity contribution in [2.75, 3.05) is 11.9 Å². The molecule has 0 unspecified atom stereocenters. The van der Waals surface area contributed by atoms with Gasteiger partial charge in [0.05, 0.1) is 0 Å². The summed E-state index contributed by atoms with van der Waals surface area (Å²) in [5.41, 5.74) is 2.60. The number of nitrogens with one attached hydrogen (secondary N) is 1. The number of benzene rings is 1. The lowest BCUT2D eigenvalue weighted by Crippen LogP contribution is -2.11. The molecule has 0 amide bonds. The normalized spacial score (nSPS) is 16.9. The molecular formula is C13H18BrN. The molecular weight excluding hydrogens is 250 g/mol. The molecule has 1 N–H and O–H groups in total. The molecule has 0 bridgehead atoms. The zero-order valence-corrected chi connectivity index (χ0v) is 10.8. The number of anilines is 1. The molecule has 0 radical (unpaired) electrons. The van der Waals surface area contributed by atoms with Gasteiger partial charge in [0.15, 0.2) is 0 Å². The highest BCUT2D eigenvalue weighted by molar-refractivity contribution is 9.10. The van der Waals surface area contributed by atoms with Gasteiger partial charge in [0.2, 0.25) is 0 Å². The lowest BCUT2D eigenvalue weighted by molar-refractivity contribution is 0.580. The minimum atomic E-state index is 0.896. The molecule has 2 heteroatoms. The number of rotatable bonds is 3. The molecule has 0 saturated heterocycles. The lowest BCUT2D eigenvalue weighted by atomic mass is 10.1. The summed E-state index contributed by atoms with van der Waals surface area (Å²) in [6.45, 7) is 3.30. The molecule has 2 rings (SSSR count). The standard InChI is InChI=1S/C13H18BrN/c1-10-8-12(14)6-7-13(10)15-9-11-4-2-3-5-11/h6-8,11,15H,2-5,9H2,1H3. The van der Waals surface area contributed by atoms with Crippen LogP contribution in [0.2, 0.25) is 0 Å². The monoisotopic (exact) mass is 267 g/mol.